The molecule has 2 heterocycles. The number of pyridine rings is 1. The van der Waals surface area contributed by atoms with Crippen LogP contribution in [0.2, 0.25) is 15.1 Å². The Bertz CT molecular complexity index is 637. The van der Waals surface area contributed by atoms with Gasteiger partial charge in [0.1, 0.15) is 10.7 Å². The minimum atomic E-state index is -4.60. The highest BCUT2D eigenvalue weighted by Crippen LogP contribution is 2.39. The highest BCUT2D eigenvalue weighted by atomic mass is 35.5. The lowest BCUT2D eigenvalue weighted by Gasteiger charge is -2.06. The Balaban J connectivity index is 2.61. The maximum absolute atomic E-state index is 12.8. The zero-order valence-electron chi connectivity index (χ0n) is 9.26. The molecule has 0 aliphatic heterocycles. The van der Waals surface area contributed by atoms with Crippen LogP contribution in [0.4, 0.5) is 13.2 Å². The van der Waals surface area contributed by atoms with Crippen molar-refractivity contribution in [2.75, 3.05) is 0 Å². The Labute approximate surface area is 120 Å². The van der Waals surface area contributed by atoms with Crippen LogP contribution in [0.5, 0.6) is 0 Å². The van der Waals surface area contributed by atoms with Crippen molar-refractivity contribution in [2.24, 2.45) is 7.05 Å². The van der Waals surface area contributed by atoms with Crippen LogP contribution in [0.25, 0.3) is 11.4 Å². The van der Waals surface area contributed by atoms with Gasteiger partial charge in [-0.25, -0.2) is 0 Å². The number of aromatic nitrogens is 3. The minimum Gasteiger partial charge on any atom is -0.261 e. The third kappa shape index (κ3) is 2.66. The van der Waals surface area contributed by atoms with Crippen molar-refractivity contribution < 1.29 is 13.2 Å². The molecule has 0 saturated carbocycles. The van der Waals surface area contributed by atoms with Crippen molar-refractivity contribution in [3.05, 3.63) is 33.0 Å². The molecule has 0 amide bonds. The fourth-order valence-electron chi connectivity index (χ4n) is 1.51. The fraction of sp³-hybridized carbons (Fsp3) is 0.200. The van der Waals surface area contributed by atoms with Gasteiger partial charge in [0.15, 0.2) is 5.69 Å². The van der Waals surface area contributed by atoms with Gasteiger partial charge in [-0.2, -0.15) is 18.3 Å². The van der Waals surface area contributed by atoms with Gasteiger partial charge in [-0.15, -0.1) is 0 Å². The quantitative estimate of drug-likeness (QED) is 0.773. The first-order valence-corrected chi connectivity index (χ1v) is 5.96. The molecule has 0 unspecified atom stereocenters. The minimum absolute atomic E-state index is 0.102. The van der Waals surface area contributed by atoms with Gasteiger partial charge in [0, 0.05) is 13.2 Å². The second kappa shape index (κ2) is 4.85. The van der Waals surface area contributed by atoms with Crippen molar-refractivity contribution in [2.45, 2.75) is 6.18 Å². The molecule has 2 aromatic rings. The van der Waals surface area contributed by atoms with Crippen LogP contribution in [0, 0.1) is 0 Å². The van der Waals surface area contributed by atoms with E-state index in [9.17, 15) is 13.2 Å². The van der Waals surface area contributed by atoms with Crippen LogP contribution in [0.1, 0.15) is 5.69 Å². The molecule has 102 valence electrons. The number of hydrogen-bond donors (Lipinski definition) is 0. The lowest BCUT2D eigenvalue weighted by Crippen LogP contribution is -2.12. The number of nitrogens with zero attached hydrogens (tertiary/aromatic N) is 3. The predicted molar refractivity (Wildman–Crippen MR) is 66.5 cm³/mol. The van der Waals surface area contributed by atoms with E-state index in [1.54, 1.807) is 0 Å². The van der Waals surface area contributed by atoms with Gasteiger partial charge in [-0.3, -0.25) is 9.67 Å². The van der Waals surface area contributed by atoms with E-state index < -0.39 is 16.9 Å². The maximum Gasteiger partial charge on any atom is 0.434 e. The molecule has 2 rings (SSSR count). The summed E-state index contributed by atoms with van der Waals surface area (Å²) in [5.74, 6) is 0. The SMILES string of the molecule is Cn1nc(-c2cc(Cl)c(Cl)cn2)c(Cl)c1C(F)(F)F. The molecular weight excluding hydrogens is 325 g/mol. The van der Waals surface area contributed by atoms with E-state index in [1.165, 1.54) is 12.3 Å². The van der Waals surface area contributed by atoms with Crippen molar-refractivity contribution in [3.63, 3.8) is 0 Å². The Morgan fingerprint density at radius 3 is 2.26 bits per heavy atom. The van der Waals surface area contributed by atoms with Gasteiger partial charge < -0.3 is 0 Å². The molecular formula is C10H5Cl3F3N3. The standard InChI is InChI=1S/C10H5Cl3F3N3/c1-19-9(10(14,15)16)7(13)8(18-19)6-2-4(11)5(12)3-17-6/h2-3H,1H3. The summed E-state index contributed by atoms with van der Waals surface area (Å²) in [4.78, 5) is 3.86. The Morgan fingerprint density at radius 1 is 1.16 bits per heavy atom. The lowest BCUT2D eigenvalue weighted by molar-refractivity contribution is -0.143. The molecule has 0 radical (unpaired) electrons. The van der Waals surface area contributed by atoms with Crippen molar-refractivity contribution in [1.29, 1.82) is 0 Å². The van der Waals surface area contributed by atoms with Gasteiger partial charge in [0.05, 0.1) is 15.7 Å². The van der Waals surface area contributed by atoms with E-state index in [1.807, 2.05) is 0 Å². The number of rotatable bonds is 1. The predicted octanol–water partition coefficient (Wildman–Crippen LogP) is 4.46. The van der Waals surface area contributed by atoms with E-state index in [-0.39, 0.29) is 21.4 Å². The van der Waals surface area contributed by atoms with E-state index in [2.05, 4.69) is 10.1 Å². The lowest BCUT2D eigenvalue weighted by atomic mass is 10.2. The second-order valence-corrected chi connectivity index (χ2v) is 4.81. The van der Waals surface area contributed by atoms with E-state index in [0.717, 1.165) is 7.05 Å². The monoisotopic (exact) mass is 329 g/mol. The molecule has 2 aromatic heterocycles. The van der Waals surface area contributed by atoms with E-state index in [4.69, 9.17) is 34.8 Å². The summed E-state index contributed by atoms with van der Waals surface area (Å²) in [5, 5.41) is 3.53. The van der Waals surface area contributed by atoms with E-state index >= 15 is 0 Å². The number of alkyl halides is 3. The zero-order valence-corrected chi connectivity index (χ0v) is 11.5. The highest BCUT2D eigenvalue weighted by Gasteiger charge is 2.39. The highest BCUT2D eigenvalue weighted by molar-refractivity contribution is 6.42. The summed E-state index contributed by atoms with van der Waals surface area (Å²) in [6, 6.07) is 1.30. The summed E-state index contributed by atoms with van der Waals surface area (Å²) in [6.45, 7) is 0. The van der Waals surface area contributed by atoms with E-state index in [0.29, 0.717) is 4.68 Å². The van der Waals surface area contributed by atoms with Crippen LogP contribution in [-0.4, -0.2) is 14.8 Å². The molecule has 0 aliphatic carbocycles. The van der Waals surface area contributed by atoms with Crippen molar-refractivity contribution in [1.82, 2.24) is 14.8 Å². The van der Waals surface area contributed by atoms with Crippen LogP contribution < -0.4 is 0 Å². The summed E-state index contributed by atoms with van der Waals surface area (Å²) in [7, 11) is 1.15. The van der Waals surface area contributed by atoms with Crippen molar-refractivity contribution >= 4 is 34.8 Å². The normalized spacial score (nSPS) is 11.9. The molecule has 19 heavy (non-hydrogen) atoms. The van der Waals surface area contributed by atoms with Crippen LogP contribution >= 0.6 is 34.8 Å². The maximum atomic E-state index is 12.8. The molecule has 0 atom stereocenters. The molecule has 9 heteroatoms. The molecule has 0 N–H and O–H groups in total. The molecule has 0 bridgehead atoms. The summed E-state index contributed by atoms with van der Waals surface area (Å²) >= 11 is 17.2. The molecule has 0 aromatic carbocycles. The van der Waals surface area contributed by atoms with Gasteiger partial charge in [-0.1, -0.05) is 34.8 Å². The molecule has 0 fully saturated rings. The van der Waals surface area contributed by atoms with Crippen LogP contribution in [-0.2, 0) is 13.2 Å². The zero-order chi connectivity index (χ0) is 14.4. The van der Waals surface area contributed by atoms with Gasteiger partial charge in [-0.05, 0) is 6.07 Å². The molecule has 3 nitrogen and oxygen atoms in total. The first-order valence-electron chi connectivity index (χ1n) is 4.83. The molecule has 0 spiro atoms. The summed E-state index contributed by atoms with van der Waals surface area (Å²) in [5.41, 5.74) is -1.03. The van der Waals surface area contributed by atoms with Crippen LogP contribution in [0.15, 0.2) is 12.3 Å². The largest absolute Gasteiger partial charge is 0.434 e. The average molecular weight is 331 g/mol. The van der Waals surface area contributed by atoms with Gasteiger partial charge in [0.25, 0.3) is 0 Å². The molecule has 0 aliphatic rings. The Kier molecular flexibility index (Phi) is 3.68. The Morgan fingerprint density at radius 2 is 1.79 bits per heavy atom. The first-order chi connectivity index (χ1) is 8.71. The third-order valence-electron chi connectivity index (χ3n) is 2.31. The van der Waals surface area contributed by atoms with Crippen LogP contribution in [0.3, 0.4) is 0 Å². The summed E-state index contributed by atoms with van der Waals surface area (Å²) < 4.78 is 39.0. The number of hydrogen-bond acceptors (Lipinski definition) is 2. The Hall–Kier alpha value is -0.980. The van der Waals surface area contributed by atoms with Crippen molar-refractivity contribution in [3.8, 4) is 11.4 Å². The topological polar surface area (TPSA) is 30.7 Å². The smallest absolute Gasteiger partial charge is 0.261 e. The molecule has 0 saturated heterocycles. The summed E-state index contributed by atoms with van der Waals surface area (Å²) in [6.07, 6.45) is -3.38. The second-order valence-electron chi connectivity index (χ2n) is 3.62. The first kappa shape index (κ1) is 14.4. The number of aryl methyl sites for hydroxylation is 1. The third-order valence-corrected chi connectivity index (χ3v) is 3.38. The number of halogens is 6. The van der Waals surface area contributed by atoms with Gasteiger partial charge >= 0.3 is 6.18 Å². The van der Waals surface area contributed by atoms with Gasteiger partial charge in [0.2, 0.25) is 0 Å². The average Bonchev–Trinajstić information content (AvgIpc) is 2.57. The fourth-order valence-corrected chi connectivity index (χ4v) is 2.13.